The van der Waals surface area contributed by atoms with Gasteiger partial charge >= 0.3 is 0 Å². The van der Waals surface area contributed by atoms with E-state index in [1.807, 2.05) is 17.5 Å². The SMILES string of the molecule is COc1ccc(N2C(=O)/C(=C\c3cccs3)N=C2SC(C)C(=O)Nc2ccc(Cl)cc2)cc1Cl. The van der Waals surface area contributed by atoms with Crippen LogP contribution in [0.25, 0.3) is 6.08 Å². The van der Waals surface area contributed by atoms with Crippen molar-refractivity contribution in [3.05, 3.63) is 80.6 Å². The van der Waals surface area contributed by atoms with Gasteiger partial charge in [-0.05, 0) is 66.9 Å². The molecule has 0 aliphatic carbocycles. The van der Waals surface area contributed by atoms with Gasteiger partial charge in [0.15, 0.2) is 5.17 Å². The molecule has 2 aromatic carbocycles. The number of carbonyl (C=O) groups excluding carboxylic acids is 2. The highest BCUT2D eigenvalue weighted by atomic mass is 35.5. The van der Waals surface area contributed by atoms with Crippen LogP contribution < -0.4 is 15.0 Å². The van der Waals surface area contributed by atoms with E-state index in [0.29, 0.717) is 32.3 Å². The standard InChI is InChI=1S/C24H19Cl2N3O3S2/c1-14(22(30)27-16-7-5-15(25)6-8-16)34-24-28-20(13-18-4-3-11-33-18)23(31)29(24)17-9-10-21(32-2)19(26)12-17/h3-14H,1-2H3,(H,27,30)/b20-13+. The summed E-state index contributed by atoms with van der Waals surface area (Å²) >= 11 is 14.9. The van der Waals surface area contributed by atoms with Crippen molar-refractivity contribution in [1.29, 1.82) is 0 Å². The first kappa shape index (κ1) is 24.3. The summed E-state index contributed by atoms with van der Waals surface area (Å²) in [7, 11) is 1.52. The molecule has 1 aromatic heterocycles. The van der Waals surface area contributed by atoms with Crippen LogP contribution in [-0.4, -0.2) is 29.3 Å². The molecule has 0 spiro atoms. The van der Waals surface area contributed by atoms with Crippen LogP contribution in [0.15, 0.2) is 70.7 Å². The van der Waals surface area contributed by atoms with E-state index >= 15 is 0 Å². The number of amides is 2. The fraction of sp³-hybridized carbons (Fsp3) is 0.125. The first-order valence-corrected chi connectivity index (χ1v) is 12.6. The number of hydrogen-bond acceptors (Lipinski definition) is 6. The van der Waals surface area contributed by atoms with Crippen LogP contribution in [0.5, 0.6) is 5.75 Å². The number of nitrogens with zero attached hydrogens (tertiary/aromatic N) is 2. The third kappa shape index (κ3) is 5.47. The minimum absolute atomic E-state index is 0.231. The van der Waals surface area contributed by atoms with E-state index in [2.05, 4.69) is 10.3 Å². The van der Waals surface area contributed by atoms with E-state index in [1.165, 1.54) is 35.1 Å². The Labute approximate surface area is 215 Å². The summed E-state index contributed by atoms with van der Waals surface area (Å²) in [4.78, 5) is 33.1. The number of methoxy groups -OCH3 is 1. The zero-order chi connectivity index (χ0) is 24.2. The van der Waals surface area contributed by atoms with Crippen molar-refractivity contribution in [1.82, 2.24) is 0 Å². The predicted molar refractivity (Wildman–Crippen MR) is 142 cm³/mol. The molecular weight excluding hydrogens is 513 g/mol. The summed E-state index contributed by atoms with van der Waals surface area (Å²) in [5, 5.41) is 5.56. The van der Waals surface area contributed by atoms with Crippen molar-refractivity contribution < 1.29 is 14.3 Å². The molecule has 2 heterocycles. The second-order valence-electron chi connectivity index (χ2n) is 7.16. The normalized spacial score (nSPS) is 15.4. The highest BCUT2D eigenvalue weighted by Crippen LogP contribution is 2.35. The van der Waals surface area contributed by atoms with Gasteiger partial charge in [0.1, 0.15) is 11.4 Å². The van der Waals surface area contributed by atoms with E-state index in [0.717, 1.165) is 4.88 Å². The van der Waals surface area contributed by atoms with Crippen LogP contribution in [0.3, 0.4) is 0 Å². The molecule has 0 fully saturated rings. The van der Waals surface area contributed by atoms with Gasteiger partial charge in [-0.2, -0.15) is 0 Å². The van der Waals surface area contributed by atoms with Crippen molar-refractivity contribution in [2.24, 2.45) is 4.99 Å². The molecule has 0 bridgehead atoms. The van der Waals surface area contributed by atoms with Crippen LogP contribution in [0, 0.1) is 0 Å². The smallest absolute Gasteiger partial charge is 0.283 e. The monoisotopic (exact) mass is 531 g/mol. The zero-order valence-corrected chi connectivity index (χ0v) is 21.3. The molecule has 10 heteroatoms. The quantitative estimate of drug-likeness (QED) is 0.365. The molecule has 1 unspecified atom stereocenters. The predicted octanol–water partition coefficient (Wildman–Crippen LogP) is 6.57. The van der Waals surface area contributed by atoms with Crippen LogP contribution in [0.1, 0.15) is 11.8 Å². The lowest BCUT2D eigenvalue weighted by Gasteiger charge is -2.20. The van der Waals surface area contributed by atoms with E-state index in [1.54, 1.807) is 55.5 Å². The van der Waals surface area contributed by atoms with Gasteiger partial charge in [0, 0.05) is 15.6 Å². The third-order valence-electron chi connectivity index (χ3n) is 4.81. The molecule has 0 saturated carbocycles. The molecule has 3 aromatic rings. The Morgan fingerprint density at radius 3 is 2.62 bits per heavy atom. The molecule has 0 radical (unpaired) electrons. The number of anilines is 2. The lowest BCUT2D eigenvalue weighted by Crippen LogP contribution is -2.33. The Kier molecular flexibility index (Phi) is 7.63. The highest BCUT2D eigenvalue weighted by molar-refractivity contribution is 8.15. The average Bonchev–Trinajstić information content (AvgIpc) is 3.43. The number of rotatable bonds is 6. The number of hydrogen-bond donors (Lipinski definition) is 1. The number of aliphatic imine (C=N–C) groups is 1. The Morgan fingerprint density at radius 1 is 1.21 bits per heavy atom. The fourth-order valence-corrected chi connectivity index (χ4v) is 5.05. The number of nitrogens with one attached hydrogen (secondary N) is 1. The Hall–Kier alpha value is -2.78. The van der Waals surface area contributed by atoms with Crippen LogP contribution in [-0.2, 0) is 9.59 Å². The Balaban J connectivity index is 1.61. The van der Waals surface area contributed by atoms with Gasteiger partial charge in [-0.3, -0.25) is 14.5 Å². The molecule has 2 amide bonds. The fourth-order valence-electron chi connectivity index (χ4n) is 3.09. The number of amidine groups is 1. The Bertz CT molecular complexity index is 1280. The Morgan fingerprint density at radius 2 is 1.97 bits per heavy atom. The number of ether oxygens (including phenoxy) is 1. The first-order valence-electron chi connectivity index (χ1n) is 10.1. The minimum Gasteiger partial charge on any atom is -0.495 e. The summed E-state index contributed by atoms with van der Waals surface area (Å²) in [5.41, 5.74) is 1.44. The number of thioether (sulfide) groups is 1. The summed E-state index contributed by atoms with van der Waals surface area (Å²) in [6.45, 7) is 1.75. The number of halogens is 2. The highest BCUT2D eigenvalue weighted by Gasteiger charge is 2.34. The maximum atomic E-state index is 13.3. The minimum atomic E-state index is -0.542. The molecule has 174 valence electrons. The number of carbonyl (C=O) groups is 2. The van der Waals surface area contributed by atoms with Gasteiger partial charge in [-0.15, -0.1) is 11.3 Å². The number of benzene rings is 2. The maximum absolute atomic E-state index is 13.3. The summed E-state index contributed by atoms with van der Waals surface area (Å²) < 4.78 is 5.23. The summed E-state index contributed by atoms with van der Waals surface area (Å²) in [6.07, 6.45) is 1.73. The number of thiophene rings is 1. The molecule has 1 atom stereocenters. The van der Waals surface area contributed by atoms with Crippen LogP contribution in [0.2, 0.25) is 10.0 Å². The van der Waals surface area contributed by atoms with Crippen molar-refractivity contribution in [3.8, 4) is 5.75 Å². The van der Waals surface area contributed by atoms with E-state index in [9.17, 15) is 9.59 Å². The van der Waals surface area contributed by atoms with Crippen LogP contribution in [0.4, 0.5) is 11.4 Å². The molecule has 0 saturated heterocycles. The molecule has 4 rings (SSSR count). The van der Waals surface area contributed by atoms with Crippen molar-refractivity contribution in [2.45, 2.75) is 12.2 Å². The van der Waals surface area contributed by atoms with E-state index in [-0.39, 0.29) is 17.5 Å². The molecule has 1 N–H and O–H groups in total. The molecule has 34 heavy (non-hydrogen) atoms. The largest absolute Gasteiger partial charge is 0.495 e. The van der Waals surface area contributed by atoms with E-state index in [4.69, 9.17) is 27.9 Å². The topological polar surface area (TPSA) is 71.0 Å². The molecule has 6 nitrogen and oxygen atoms in total. The maximum Gasteiger partial charge on any atom is 0.283 e. The van der Waals surface area contributed by atoms with Gasteiger partial charge in [0.05, 0.1) is 23.1 Å². The molecule has 1 aliphatic heterocycles. The van der Waals surface area contributed by atoms with Gasteiger partial charge in [0.2, 0.25) is 5.91 Å². The van der Waals surface area contributed by atoms with Crippen molar-refractivity contribution >= 4 is 80.7 Å². The van der Waals surface area contributed by atoms with Gasteiger partial charge in [-0.1, -0.05) is 41.0 Å². The first-order chi connectivity index (χ1) is 16.4. The van der Waals surface area contributed by atoms with Gasteiger partial charge in [0.25, 0.3) is 5.91 Å². The second kappa shape index (κ2) is 10.7. The van der Waals surface area contributed by atoms with Crippen molar-refractivity contribution in [3.63, 3.8) is 0 Å². The second-order valence-corrected chi connectivity index (χ2v) is 10.3. The van der Waals surface area contributed by atoms with E-state index < -0.39 is 5.25 Å². The average molecular weight is 532 g/mol. The lowest BCUT2D eigenvalue weighted by molar-refractivity contribution is -0.115. The summed E-state index contributed by atoms with van der Waals surface area (Å²) in [5.74, 6) is -0.0402. The van der Waals surface area contributed by atoms with Gasteiger partial charge < -0.3 is 10.1 Å². The summed E-state index contributed by atoms with van der Waals surface area (Å²) in [6, 6.07) is 15.7. The zero-order valence-electron chi connectivity index (χ0n) is 18.1. The van der Waals surface area contributed by atoms with Gasteiger partial charge in [-0.25, -0.2) is 4.99 Å². The van der Waals surface area contributed by atoms with Crippen molar-refractivity contribution in [2.75, 3.05) is 17.3 Å². The molecule has 1 aliphatic rings. The van der Waals surface area contributed by atoms with Crippen LogP contribution >= 0.6 is 46.3 Å². The lowest BCUT2D eigenvalue weighted by atomic mass is 10.2. The third-order valence-corrected chi connectivity index (χ3v) is 7.23. The molecular formula is C24H19Cl2N3O3S2.